The van der Waals surface area contributed by atoms with Gasteiger partial charge in [0.25, 0.3) is 0 Å². The van der Waals surface area contributed by atoms with Crippen molar-refractivity contribution in [3.63, 3.8) is 0 Å². The minimum absolute atomic E-state index is 0. The fraction of sp³-hybridized carbons (Fsp3) is 0.667. The average Bonchev–Trinajstić information content (AvgIpc) is 1.37. The molecule has 0 aliphatic carbocycles. The molecule has 0 aliphatic heterocycles. The first kappa shape index (κ1) is 15.7. The zero-order chi connectivity index (χ0) is 3.41. The van der Waals surface area contributed by atoms with Gasteiger partial charge in [-0.1, -0.05) is 6.92 Å². The van der Waals surface area contributed by atoms with Gasteiger partial charge in [-0.25, -0.2) is 0 Å². The summed E-state index contributed by atoms with van der Waals surface area (Å²) in [4.78, 5) is 9.05. The van der Waals surface area contributed by atoms with Crippen LogP contribution in [-0.2, 0) is 4.79 Å². The summed E-state index contributed by atoms with van der Waals surface area (Å²) in [6.07, 6.45) is 2.19. The number of hydrogen-bond acceptors (Lipinski definition) is 1. The van der Waals surface area contributed by atoms with E-state index in [9.17, 15) is 0 Å². The molecule has 3 heteroatoms. The van der Waals surface area contributed by atoms with Gasteiger partial charge in [-0.05, 0) is 0 Å². The molecule has 0 bridgehead atoms. The Morgan fingerprint density at radius 3 is 1.83 bits per heavy atom. The van der Waals surface area contributed by atoms with Crippen LogP contribution in [0.2, 0.25) is 0 Å². The van der Waals surface area contributed by atoms with Crippen molar-refractivity contribution in [3.8, 4) is 0 Å². The van der Waals surface area contributed by atoms with Crippen LogP contribution in [0.1, 0.15) is 13.3 Å². The van der Waals surface area contributed by atoms with Crippen molar-refractivity contribution in [2.45, 2.75) is 13.3 Å². The summed E-state index contributed by atoms with van der Waals surface area (Å²) >= 11 is 0. The molecular formula is C3H6BrNaO. The molecular weight excluding hydrogens is 155 g/mol. The molecule has 0 unspecified atom stereocenters. The molecule has 32 valence electrons. The molecule has 0 saturated carbocycles. The molecule has 0 spiro atoms. The SMILES string of the molecule is Br.CC[C-]=O.[Na+]. The van der Waals surface area contributed by atoms with Crippen LogP contribution in [0.5, 0.6) is 0 Å². The Morgan fingerprint density at radius 2 is 1.83 bits per heavy atom. The Morgan fingerprint density at radius 1 is 1.67 bits per heavy atom. The standard InChI is InChI=1S/C3H5O.BrH.Na/c1-2-3-4;;/h2H2,1H3;1H;/q-1;;+1. The third kappa shape index (κ3) is 19.2. The van der Waals surface area contributed by atoms with Gasteiger partial charge in [-0.15, -0.1) is 17.0 Å². The van der Waals surface area contributed by atoms with Crippen LogP contribution in [0.25, 0.3) is 0 Å². The molecule has 0 radical (unpaired) electrons. The van der Waals surface area contributed by atoms with Crippen LogP contribution in [0.3, 0.4) is 0 Å². The quantitative estimate of drug-likeness (QED) is 0.324. The van der Waals surface area contributed by atoms with Gasteiger partial charge in [0.1, 0.15) is 0 Å². The molecule has 0 rings (SSSR count). The summed E-state index contributed by atoms with van der Waals surface area (Å²) in [6, 6.07) is 0. The van der Waals surface area contributed by atoms with Gasteiger partial charge in [0.05, 0.1) is 0 Å². The zero-order valence-corrected chi connectivity index (χ0v) is 7.74. The van der Waals surface area contributed by atoms with Crippen LogP contribution in [0, 0.1) is 0 Å². The Hall–Kier alpha value is 1.15. The monoisotopic (exact) mass is 160 g/mol. The molecule has 0 amide bonds. The molecule has 0 atom stereocenters. The van der Waals surface area contributed by atoms with Crippen LogP contribution in [0.4, 0.5) is 0 Å². The topological polar surface area (TPSA) is 17.1 Å². The fourth-order valence-electron chi connectivity index (χ4n) is 0. The summed E-state index contributed by atoms with van der Waals surface area (Å²) in [7, 11) is 0. The molecule has 0 fully saturated rings. The first-order valence-electron chi connectivity index (χ1n) is 1.26. The molecule has 0 aromatic carbocycles. The van der Waals surface area contributed by atoms with E-state index >= 15 is 0 Å². The smallest absolute Gasteiger partial charge is 0.542 e. The zero-order valence-electron chi connectivity index (χ0n) is 4.02. The Bertz CT molecular complexity index is 24.8. The minimum atomic E-state index is 0. The van der Waals surface area contributed by atoms with Crippen LogP contribution < -0.4 is 29.6 Å². The van der Waals surface area contributed by atoms with Crippen LogP contribution in [-0.4, -0.2) is 6.29 Å². The molecule has 0 saturated heterocycles. The predicted molar refractivity (Wildman–Crippen MR) is 26.3 cm³/mol. The Kier molecular flexibility index (Phi) is 43.0. The molecule has 0 aliphatic rings. The molecule has 0 heterocycles. The minimum Gasteiger partial charge on any atom is -0.542 e. The van der Waals surface area contributed by atoms with Gasteiger partial charge >= 0.3 is 29.6 Å². The Labute approximate surface area is 70.6 Å². The summed E-state index contributed by atoms with van der Waals surface area (Å²) < 4.78 is 0. The maximum atomic E-state index is 9.05. The van der Waals surface area contributed by atoms with Crippen molar-refractivity contribution >= 4 is 23.3 Å². The normalized spacial score (nSPS) is 4.17. The van der Waals surface area contributed by atoms with Gasteiger partial charge in [0.2, 0.25) is 0 Å². The molecule has 0 N–H and O–H groups in total. The number of hydrogen-bond donors (Lipinski definition) is 0. The van der Waals surface area contributed by atoms with Crippen molar-refractivity contribution in [1.29, 1.82) is 0 Å². The van der Waals surface area contributed by atoms with Gasteiger partial charge in [0.15, 0.2) is 0 Å². The maximum Gasteiger partial charge on any atom is 1.00 e. The van der Waals surface area contributed by atoms with E-state index in [2.05, 4.69) is 0 Å². The number of carbonyl (C=O) groups excluding carboxylic acids is 1. The van der Waals surface area contributed by atoms with E-state index in [1.165, 1.54) is 0 Å². The summed E-state index contributed by atoms with van der Waals surface area (Å²) in [5.74, 6) is 0. The largest absolute Gasteiger partial charge is 1.00 e. The third-order valence-corrected chi connectivity index (χ3v) is 0.144. The van der Waals surface area contributed by atoms with E-state index in [0.717, 1.165) is 0 Å². The van der Waals surface area contributed by atoms with Gasteiger partial charge in [-0.3, -0.25) is 6.29 Å². The third-order valence-electron chi connectivity index (χ3n) is 0.144. The number of halogens is 1. The van der Waals surface area contributed by atoms with E-state index in [1.54, 1.807) is 13.2 Å². The Balaban J connectivity index is -0.0000000450. The second-order valence-corrected chi connectivity index (χ2v) is 0.498. The van der Waals surface area contributed by atoms with E-state index in [-0.39, 0.29) is 46.5 Å². The van der Waals surface area contributed by atoms with Gasteiger partial charge in [-0.2, -0.15) is 6.42 Å². The van der Waals surface area contributed by atoms with Crippen LogP contribution >= 0.6 is 17.0 Å². The van der Waals surface area contributed by atoms with Crippen LogP contribution in [0.15, 0.2) is 0 Å². The van der Waals surface area contributed by atoms with E-state index in [1.807, 2.05) is 0 Å². The van der Waals surface area contributed by atoms with Crippen molar-refractivity contribution in [2.75, 3.05) is 0 Å². The summed E-state index contributed by atoms with van der Waals surface area (Å²) in [6.45, 7) is 1.76. The summed E-state index contributed by atoms with van der Waals surface area (Å²) in [5, 5.41) is 0. The van der Waals surface area contributed by atoms with Crippen molar-refractivity contribution in [3.05, 3.63) is 0 Å². The van der Waals surface area contributed by atoms with Crippen molar-refractivity contribution in [1.82, 2.24) is 0 Å². The molecule has 0 aromatic heterocycles. The maximum absolute atomic E-state index is 9.05. The molecule has 6 heavy (non-hydrogen) atoms. The van der Waals surface area contributed by atoms with E-state index in [0.29, 0.717) is 6.42 Å². The first-order valence-corrected chi connectivity index (χ1v) is 1.26. The van der Waals surface area contributed by atoms with Crippen molar-refractivity contribution < 1.29 is 34.4 Å². The second-order valence-electron chi connectivity index (χ2n) is 0.498. The predicted octanol–water partition coefficient (Wildman–Crippen LogP) is -1.91. The summed E-state index contributed by atoms with van der Waals surface area (Å²) in [5.41, 5.74) is 0. The molecule has 1 nitrogen and oxygen atoms in total. The molecule has 0 aromatic rings. The first-order chi connectivity index (χ1) is 1.91. The van der Waals surface area contributed by atoms with Crippen molar-refractivity contribution in [2.24, 2.45) is 0 Å². The second kappa shape index (κ2) is 16.4. The van der Waals surface area contributed by atoms with Gasteiger partial charge in [0, 0.05) is 0 Å². The van der Waals surface area contributed by atoms with E-state index in [4.69, 9.17) is 4.79 Å². The average molecular weight is 161 g/mol. The van der Waals surface area contributed by atoms with E-state index < -0.39 is 0 Å². The number of rotatable bonds is 1. The fourth-order valence-corrected chi connectivity index (χ4v) is 0. The van der Waals surface area contributed by atoms with Gasteiger partial charge < -0.3 is 4.79 Å².